The lowest BCUT2D eigenvalue weighted by Crippen LogP contribution is -2.52. The maximum atomic E-state index is 5.95. The van der Waals surface area contributed by atoms with Gasteiger partial charge in [-0.15, -0.1) is 34.2 Å². The molecular weight excluding hydrogens is 459 g/mol. The first kappa shape index (κ1) is 22.4. The van der Waals surface area contributed by atoms with E-state index in [1.807, 2.05) is 18.5 Å². The average Bonchev–Trinajstić information content (AvgIpc) is 2.99. The van der Waals surface area contributed by atoms with E-state index in [1.54, 1.807) is 7.11 Å². The quantitative estimate of drug-likeness (QED) is 0.282. The number of methoxy groups -OCH3 is 1. The van der Waals surface area contributed by atoms with Crippen LogP contribution in [0.5, 0.6) is 0 Å². The Morgan fingerprint density at radius 3 is 2.96 bits per heavy atom. The smallest absolute Gasteiger partial charge is 0.194 e. The number of likely N-dealkylation sites (tertiary alicyclic amines) is 1. The number of aliphatic imine (C=N–C) groups is 1. The van der Waals surface area contributed by atoms with E-state index in [4.69, 9.17) is 14.5 Å². The lowest BCUT2D eigenvalue weighted by Gasteiger charge is -2.42. The van der Waals surface area contributed by atoms with E-state index in [0.717, 1.165) is 63.3 Å². The maximum Gasteiger partial charge on any atom is 0.194 e. The minimum atomic E-state index is 0. The van der Waals surface area contributed by atoms with Crippen molar-refractivity contribution >= 4 is 29.9 Å². The summed E-state index contributed by atoms with van der Waals surface area (Å²) >= 11 is 0. The molecule has 2 fully saturated rings. The molecule has 9 heteroatoms. The van der Waals surface area contributed by atoms with Crippen molar-refractivity contribution in [2.45, 2.75) is 45.3 Å². The number of halogens is 1. The number of aromatic nitrogens is 3. The highest BCUT2D eigenvalue weighted by molar-refractivity contribution is 14.0. The Hall–Kier alpha value is -0.940. The van der Waals surface area contributed by atoms with Crippen molar-refractivity contribution in [3.05, 3.63) is 11.6 Å². The minimum Gasteiger partial charge on any atom is -0.385 e. The summed E-state index contributed by atoms with van der Waals surface area (Å²) in [5.41, 5.74) is 0. The number of hydrogen-bond acceptors (Lipinski definition) is 5. The van der Waals surface area contributed by atoms with E-state index in [9.17, 15) is 0 Å². The topological polar surface area (TPSA) is 76.8 Å². The fourth-order valence-corrected chi connectivity index (χ4v) is 3.70. The Morgan fingerprint density at radius 1 is 1.37 bits per heavy atom. The number of aryl methyl sites for hydroxylation is 1. The number of rotatable bonds is 6. The Labute approximate surface area is 179 Å². The molecule has 0 radical (unpaired) electrons. The van der Waals surface area contributed by atoms with Crippen LogP contribution in [0.4, 0.5) is 0 Å². The largest absolute Gasteiger partial charge is 0.385 e. The van der Waals surface area contributed by atoms with Crippen LogP contribution in [0.1, 0.15) is 37.3 Å². The van der Waals surface area contributed by atoms with Crippen molar-refractivity contribution in [1.82, 2.24) is 25.0 Å². The number of fused-ring (bicyclic) bond motifs is 1. The third kappa shape index (κ3) is 6.02. The number of nitrogens with zero attached hydrogens (tertiary/aromatic N) is 5. The van der Waals surface area contributed by atoms with Crippen molar-refractivity contribution in [2.75, 3.05) is 40.0 Å². The molecule has 2 aliphatic heterocycles. The summed E-state index contributed by atoms with van der Waals surface area (Å²) in [6.07, 6.45) is 4.88. The predicted octanol–water partition coefficient (Wildman–Crippen LogP) is 1.72. The van der Waals surface area contributed by atoms with Gasteiger partial charge in [-0.1, -0.05) is 0 Å². The molecule has 2 saturated heterocycles. The Bertz CT molecular complexity index is 609. The van der Waals surface area contributed by atoms with Crippen LogP contribution in [0.15, 0.2) is 4.99 Å². The predicted molar refractivity (Wildman–Crippen MR) is 115 cm³/mol. The molecule has 2 atom stereocenters. The number of piperidine rings is 1. The van der Waals surface area contributed by atoms with Gasteiger partial charge in [-0.05, 0) is 32.6 Å². The molecule has 154 valence electrons. The second kappa shape index (κ2) is 11.2. The van der Waals surface area contributed by atoms with Crippen LogP contribution in [-0.4, -0.2) is 71.7 Å². The first-order valence-electron chi connectivity index (χ1n) is 9.67. The first-order chi connectivity index (χ1) is 12.7. The second-order valence-corrected chi connectivity index (χ2v) is 7.18. The maximum absolute atomic E-state index is 5.95. The lowest BCUT2D eigenvalue weighted by atomic mass is 9.88. The fraction of sp³-hybridized carbons (Fsp3) is 0.833. The van der Waals surface area contributed by atoms with Crippen LogP contribution in [-0.2, 0) is 23.1 Å². The van der Waals surface area contributed by atoms with Gasteiger partial charge in [0, 0.05) is 52.9 Å². The van der Waals surface area contributed by atoms with Crippen molar-refractivity contribution < 1.29 is 9.47 Å². The van der Waals surface area contributed by atoms with Gasteiger partial charge in [0.05, 0.1) is 6.10 Å². The van der Waals surface area contributed by atoms with Gasteiger partial charge in [-0.2, -0.15) is 0 Å². The highest BCUT2D eigenvalue weighted by Gasteiger charge is 2.33. The van der Waals surface area contributed by atoms with Crippen LogP contribution in [0.3, 0.4) is 0 Å². The van der Waals surface area contributed by atoms with Crippen LogP contribution in [0.2, 0.25) is 0 Å². The lowest BCUT2D eigenvalue weighted by molar-refractivity contribution is -0.0559. The molecule has 3 heterocycles. The van der Waals surface area contributed by atoms with Gasteiger partial charge in [-0.25, -0.2) is 4.99 Å². The summed E-state index contributed by atoms with van der Waals surface area (Å²) in [7, 11) is 3.72. The third-order valence-electron chi connectivity index (χ3n) is 5.38. The Kier molecular flexibility index (Phi) is 9.24. The van der Waals surface area contributed by atoms with Crippen molar-refractivity contribution in [2.24, 2.45) is 18.0 Å². The van der Waals surface area contributed by atoms with Crippen LogP contribution < -0.4 is 5.32 Å². The van der Waals surface area contributed by atoms with Crippen molar-refractivity contribution in [3.63, 3.8) is 0 Å². The van der Waals surface area contributed by atoms with Gasteiger partial charge < -0.3 is 24.3 Å². The van der Waals surface area contributed by atoms with Crippen LogP contribution in [0, 0.1) is 12.8 Å². The minimum absolute atomic E-state index is 0. The zero-order chi connectivity index (χ0) is 18.4. The highest BCUT2D eigenvalue weighted by atomic mass is 127. The Balaban J connectivity index is 0.00000261. The normalized spacial score (nSPS) is 22.9. The molecular formula is C18H33IN6O2. The fourth-order valence-electron chi connectivity index (χ4n) is 3.70. The molecule has 0 aromatic carbocycles. The molecule has 0 amide bonds. The standard InChI is InChI=1S/C18H32N6O2.HI/c1-14-21-22-17(23(14)2)12-20-18(19-8-5-10-25-3)24-9-7-16-15(13-24)6-4-11-26-16;/h15-16H,4-13H2,1-3H3,(H,19,20);1H. The van der Waals surface area contributed by atoms with Gasteiger partial charge in [0.1, 0.15) is 12.4 Å². The molecule has 3 rings (SSSR count). The van der Waals surface area contributed by atoms with E-state index in [1.165, 1.54) is 12.8 Å². The second-order valence-electron chi connectivity index (χ2n) is 7.18. The van der Waals surface area contributed by atoms with Crippen molar-refractivity contribution in [1.29, 1.82) is 0 Å². The van der Waals surface area contributed by atoms with E-state index < -0.39 is 0 Å². The summed E-state index contributed by atoms with van der Waals surface area (Å²) < 4.78 is 13.1. The zero-order valence-electron chi connectivity index (χ0n) is 16.7. The van der Waals surface area contributed by atoms with Crippen LogP contribution >= 0.6 is 24.0 Å². The molecule has 1 aromatic rings. The molecule has 8 nitrogen and oxygen atoms in total. The van der Waals surface area contributed by atoms with E-state index >= 15 is 0 Å². The molecule has 0 spiro atoms. The van der Waals surface area contributed by atoms with E-state index in [0.29, 0.717) is 18.6 Å². The Morgan fingerprint density at radius 2 is 2.22 bits per heavy atom. The van der Waals surface area contributed by atoms with Crippen LogP contribution in [0.25, 0.3) is 0 Å². The molecule has 0 saturated carbocycles. The average molecular weight is 492 g/mol. The van der Waals surface area contributed by atoms with Gasteiger partial charge in [0.2, 0.25) is 0 Å². The molecule has 27 heavy (non-hydrogen) atoms. The number of nitrogens with one attached hydrogen (secondary N) is 1. The number of guanidine groups is 1. The van der Waals surface area contributed by atoms with Crippen molar-refractivity contribution in [3.8, 4) is 0 Å². The molecule has 0 bridgehead atoms. The number of ether oxygens (including phenoxy) is 2. The SMILES string of the molecule is COCCCNC(=NCc1nnc(C)n1C)N1CCC2OCCCC2C1.I. The molecule has 2 aliphatic rings. The first-order valence-corrected chi connectivity index (χ1v) is 9.67. The van der Waals surface area contributed by atoms with Gasteiger partial charge in [-0.3, -0.25) is 0 Å². The third-order valence-corrected chi connectivity index (χ3v) is 5.38. The molecule has 2 unspecified atom stereocenters. The van der Waals surface area contributed by atoms with Gasteiger partial charge >= 0.3 is 0 Å². The molecule has 0 aliphatic carbocycles. The highest BCUT2D eigenvalue weighted by Crippen LogP contribution is 2.28. The van der Waals surface area contributed by atoms with Gasteiger partial charge in [0.25, 0.3) is 0 Å². The summed E-state index contributed by atoms with van der Waals surface area (Å²) in [5.74, 6) is 3.37. The number of hydrogen-bond donors (Lipinski definition) is 1. The molecule has 1 N–H and O–H groups in total. The van der Waals surface area contributed by atoms with Gasteiger partial charge in [0.15, 0.2) is 11.8 Å². The molecule has 1 aromatic heterocycles. The van der Waals surface area contributed by atoms with E-state index in [-0.39, 0.29) is 24.0 Å². The summed E-state index contributed by atoms with van der Waals surface area (Å²) in [4.78, 5) is 7.23. The monoisotopic (exact) mass is 492 g/mol. The van der Waals surface area contributed by atoms with E-state index in [2.05, 4.69) is 20.4 Å². The summed E-state index contributed by atoms with van der Waals surface area (Å²) in [6, 6.07) is 0. The zero-order valence-corrected chi connectivity index (χ0v) is 19.0. The summed E-state index contributed by atoms with van der Waals surface area (Å²) in [6.45, 7) is 7.01. The summed E-state index contributed by atoms with van der Waals surface area (Å²) in [5, 5.41) is 11.9.